The van der Waals surface area contributed by atoms with Gasteiger partial charge in [0.1, 0.15) is 0 Å². The van der Waals surface area contributed by atoms with E-state index in [1.807, 2.05) is 24.4 Å². The largest absolute Gasteiger partial charge is 0.256 e. The van der Waals surface area contributed by atoms with Gasteiger partial charge in [-0.1, -0.05) is 50.6 Å². The summed E-state index contributed by atoms with van der Waals surface area (Å²) in [6.07, 6.45) is 6.54. The second-order valence-corrected chi connectivity index (χ2v) is 4.79. The first kappa shape index (κ1) is 12.8. The predicted molar refractivity (Wildman–Crippen MR) is 77.1 cm³/mol. The second kappa shape index (κ2) is 6.34. The minimum absolute atomic E-state index is 0.764. The Morgan fingerprint density at radius 3 is 2.50 bits per heavy atom. The molecule has 1 atom stereocenters. The maximum absolute atomic E-state index is 4.36. The van der Waals surface area contributed by atoms with E-state index in [9.17, 15) is 0 Å². The van der Waals surface area contributed by atoms with Crippen LogP contribution in [-0.2, 0) is 0 Å². The Morgan fingerprint density at radius 1 is 1.11 bits per heavy atom. The molecule has 0 N–H and O–H groups in total. The third-order valence-corrected chi connectivity index (χ3v) is 3.32. The summed E-state index contributed by atoms with van der Waals surface area (Å²) >= 11 is 0. The molecule has 1 unspecified atom stereocenters. The molecular formula is C17H20N. The van der Waals surface area contributed by atoms with E-state index in [0.29, 0.717) is 0 Å². The number of benzene rings is 1. The number of rotatable bonds is 5. The SMILES string of the molecule is CCC(C)C[CH]c1ccc(-c2ccccn2)cc1. The van der Waals surface area contributed by atoms with Crippen molar-refractivity contribution in [3.8, 4) is 11.3 Å². The summed E-state index contributed by atoms with van der Waals surface area (Å²) in [6.45, 7) is 4.53. The maximum Gasteiger partial charge on any atom is 0.0701 e. The van der Waals surface area contributed by atoms with Gasteiger partial charge in [-0.15, -0.1) is 0 Å². The molecular weight excluding hydrogens is 218 g/mol. The molecule has 0 saturated carbocycles. The van der Waals surface area contributed by atoms with Crippen molar-refractivity contribution < 1.29 is 0 Å². The van der Waals surface area contributed by atoms with Gasteiger partial charge in [-0.25, -0.2) is 0 Å². The minimum atomic E-state index is 0.764. The van der Waals surface area contributed by atoms with Gasteiger partial charge in [0, 0.05) is 11.8 Å². The summed E-state index contributed by atoms with van der Waals surface area (Å²) in [6, 6.07) is 14.6. The monoisotopic (exact) mass is 238 g/mol. The van der Waals surface area contributed by atoms with Crippen LogP contribution >= 0.6 is 0 Å². The van der Waals surface area contributed by atoms with Crippen LogP contribution in [0, 0.1) is 12.3 Å². The molecule has 0 aliphatic rings. The Labute approximate surface area is 110 Å². The van der Waals surface area contributed by atoms with Gasteiger partial charge in [0.25, 0.3) is 0 Å². The molecule has 2 aromatic rings. The van der Waals surface area contributed by atoms with Crippen molar-refractivity contribution >= 4 is 0 Å². The van der Waals surface area contributed by atoms with Crippen LogP contribution in [0.15, 0.2) is 48.7 Å². The number of hydrogen-bond acceptors (Lipinski definition) is 1. The zero-order chi connectivity index (χ0) is 12.8. The van der Waals surface area contributed by atoms with Crippen LogP contribution in [0.4, 0.5) is 0 Å². The average Bonchev–Trinajstić information content (AvgIpc) is 2.46. The van der Waals surface area contributed by atoms with Gasteiger partial charge in [0.15, 0.2) is 0 Å². The normalized spacial score (nSPS) is 12.3. The number of nitrogens with zero attached hydrogens (tertiary/aromatic N) is 1. The molecule has 0 saturated heterocycles. The standard InChI is InChI=1S/C17H20N/c1-3-14(2)7-8-15-9-11-16(12-10-15)17-6-4-5-13-18-17/h4-6,8-14H,3,7H2,1-2H3. The van der Waals surface area contributed by atoms with Gasteiger partial charge in [0.05, 0.1) is 5.69 Å². The van der Waals surface area contributed by atoms with Crippen molar-refractivity contribution in [1.82, 2.24) is 4.98 Å². The zero-order valence-corrected chi connectivity index (χ0v) is 11.1. The quantitative estimate of drug-likeness (QED) is 0.733. The van der Waals surface area contributed by atoms with Gasteiger partial charge < -0.3 is 0 Å². The van der Waals surface area contributed by atoms with Gasteiger partial charge in [-0.05, 0) is 36.5 Å². The summed E-state index contributed by atoms with van der Waals surface area (Å²) in [5.74, 6) is 0.764. The van der Waals surface area contributed by atoms with Crippen molar-refractivity contribution in [2.24, 2.45) is 5.92 Å². The van der Waals surface area contributed by atoms with Crippen molar-refractivity contribution in [1.29, 1.82) is 0 Å². The lowest BCUT2D eigenvalue weighted by Crippen LogP contribution is -1.93. The van der Waals surface area contributed by atoms with E-state index in [0.717, 1.165) is 18.0 Å². The Kier molecular flexibility index (Phi) is 4.52. The Balaban J connectivity index is 2.02. The lowest BCUT2D eigenvalue weighted by atomic mass is 9.98. The molecule has 2 rings (SSSR count). The Hall–Kier alpha value is -1.63. The summed E-state index contributed by atoms with van der Waals surface area (Å²) in [4.78, 5) is 4.36. The van der Waals surface area contributed by atoms with E-state index in [4.69, 9.17) is 0 Å². The second-order valence-electron chi connectivity index (χ2n) is 4.79. The van der Waals surface area contributed by atoms with Crippen LogP contribution in [0.25, 0.3) is 11.3 Å². The summed E-state index contributed by atoms with van der Waals surface area (Å²) < 4.78 is 0. The number of hydrogen-bond donors (Lipinski definition) is 0. The van der Waals surface area contributed by atoms with Crippen LogP contribution in [0.5, 0.6) is 0 Å². The molecule has 1 nitrogen and oxygen atoms in total. The third kappa shape index (κ3) is 3.43. The molecule has 0 amide bonds. The molecule has 1 aromatic carbocycles. The van der Waals surface area contributed by atoms with E-state index in [-0.39, 0.29) is 0 Å². The number of pyridine rings is 1. The smallest absolute Gasteiger partial charge is 0.0701 e. The molecule has 93 valence electrons. The number of aromatic nitrogens is 1. The molecule has 1 radical (unpaired) electrons. The van der Waals surface area contributed by atoms with Crippen molar-refractivity contribution in [3.63, 3.8) is 0 Å². The third-order valence-electron chi connectivity index (χ3n) is 3.32. The van der Waals surface area contributed by atoms with E-state index < -0.39 is 0 Å². The first-order valence-corrected chi connectivity index (χ1v) is 6.64. The predicted octanol–water partition coefficient (Wildman–Crippen LogP) is 4.74. The van der Waals surface area contributed by atoms with Gasteiger partial charge in [-0.2, -0.15) is 0 Å². The fourth-order valence-corrected chi connectivity index (χ4v) is 1.83. The van der Waals surface area contributed by atoms with Gasteiger partial charge in [0.2, 0.25) is 0 Å². The minimum Gasteiger partial charge on any atom is -0.256 e. The molecule has 0 aliphatic heterocycles. The maximum atomic E-state index is 4.36. The van der Waals surface area contributed by atoms with Gasteiger partial charge >= 0.3 is 0 Å². The van der Waals surface area contributed by atoms with Crippen LogP contribution in [0.2, 0.25) is 0 Å². The molecule has 0 aliphatic carbocycles. The van der Waals surface area contributed by atoms with Crippen molar-refractivity contribution in [2.45, 2.75) is 26.7 Å². The van der Waals surface area contributed by atoms with Crippen LogP contribution in [0.3, 0.4) is 0 Å². The van der Waals surface area contributed by atoms with Crippen molar-refractivity contribution in [2.75, 3.05) is 0 Å². The summed E-state index contributed by atoms with van der Waals surface area (Å²) in [5.41, 5.74) is 3.51. The van der Waals surface area contributed by atoms with Crippen LogP contribution in [-0.4, -0.2) is 4.98 Å². The first-order chi connectivity index (χ1) is 8.79. The first-order valence-electron chi connectivity index (χ1n) is 6.64. The van der Waals surface area contributed by atoms with Crippen molar-refractivity contribution in [3.05, 3.63) is 60.6 Å². The zero-order valence-electron chi connectivity index (χ0n) is 11.1. The molecule has 18 heavy (non-hydrogen) atoms. The molecule has 0 bridgehead atoms. The molecule has 1 heteroatoms. The van der Waals surface area contributed by atoms with E-state index in [2.05, 4.69) is 49.5 Å². The summed E-state index contributed by atoms with van der Waals surface area (Å²) in [7, 11) is 0. The van der Waals surface area contributed by atoms with E-state index in [1.54, 1.807) is 0 Å². The van der Waals surface area contributed by atoms with E-state index >= 15 is 0 Å². The highest BCUT2D eigenvalue weighted by Crippen LogP contribution is 2.19. The summed E-state index contributed by atoms with van der Waals surface area (Å²) in [5, 5.41) is 0. The van der Waals surface area contributed by atoms with Gasteiger partial charge in [-0.3, -0.25) is 4.98 Å². The average molecular weight is 238 g/mol. The molecule has 0 spiro atoms. The van der Waals surface area contributed by atoms with Crippen LogP contribution in [0.1, 0.15) is 32.3 Å². The Bertz CT molecular complexity index is 459. The fourth-order valence-electron chi connectivity index (χ4n) is 1.83. The Morgan fingerprint density at radius 2 is 1.89 bits per heavy atom. The molecule has 1 heterocycles. The lowest BCUT2D eigenvalue weighted by molar-refractivity contribution is 0.558. The van der Waals surface area contributed by atoms with Crippen LogP contribution < -0.4 is 0 Å². The highest BCUT2D eigenvalue weighted by molar-refractivity contribution is 5.59. The molecule has 1 aromatic heterocycles. The highest BCUT2D eigenvalue weighted by Gasteiger charge is 2.02. The lowest BCUT2D eigenvalue weighted by Gasteiger charge is -2.08. The van der Waals surface area contributed by atoms with E-state index in [1.165, 1.54) is 17.5 Å². The fraction of sp³-hybridized carbons (Fsp3) is 0.294. The topological polar surface area (TPSA) is 12.9 Å². The highest BCUT2D eigenvalue weighted by atomic mass is 14.7. The molecule has 0 fully saturated rings.